The molecule has 1 aromatic heterocycles. The van der Waals surface area contributed by atoms with Crippen molar-refractivity contribution < 1.29 is 9.18 Å². The first-order valence-corrected chi connectivity index (χ1v) is 9.33. The van der Waals surface area contributed by atoms with E-state index in [0.29, 0.717) is 12.5 Å². The summed E-state index contributed by atoms with van der Waals surface area (Å²) in [7, 11) is 0. The molecule has 0 spiro atoms. The second-order valence-electron chi connectivity index (χ2n) is 6.43. The largest absolute Gasteiger partial charge is 0.355 e. The van der Waals surface area contributed by atoms with Crippen molar-refractivity contribution in [3.05, 3.63) is 58.0 Å². The fraction of sp³-hybridized carbons (Fsp3) is 0.421. The highest BCUT2D eigenvalue weighted by atomic mass is 32.1. The van der Waals surface area contributed by atoms with Gasteiger partial charge < -0.3 is 5.32 Å². The number of thiophene rings is 1. The smallest absolute Gasteiger partial charge is 0.224 e. The summed E-state index contributed by atoms with van der Waals surface area (Å²) in [5.74, 6) is 0.169. The van der Waals surface area contributed by atoms with Crippen LogP contribution in [0.5, 0.6) is 0 Å². The minimum Gasteiger partial charge on any atom is -0.355 e. The van der Waals surface area contributed by atoms with Crippen molar-refractivity contribution >= 4 is 17.2 Å². The first-order valence-electron chi connectivity index (χ1n) is 8.45. The molecule has 0 radical (unpaired) electrons. The Morgan fingerprint density at radius 2 is 2.25 bits per heavy atom. The van der Waals surface area contributed by atoms with Gasteiger partial charge in [0.1, 0.15) is 5.82 Å². The van der Waals surface area contributed by atoms with Crippen LogP contribution >= 0.6 is 11.3 Å². The molecule has 3 rings (SSSR count). The summed E-state index contributed by atoms with van der Waals surface area (Å²) in [4.78, 5) is 15.9. The van der Waals surface area contributed by atoms with Crippen LogP contribution in [0.25, 0.3) is 0 Å². The lowest BCUT2D eigenvalue weighted by atomic mass is 9.98. The molecular weight excluding hydrogens is 323 g/mol. The van der Waals surface area contributed by atoms with Gasteiger partial charge in [-0.2, -0.15) is 0 Å². The summed E-state index contributed by atoms with van der Waals surface area (Å²) in [6.07, 6.45) is 2.57. The maximum atomic E-state index is 13.2. The molecule has 1 aliphatic rings. The fourth-order valence-corrected chi connectivity index (χ4v) is 3.98. The van der Waals surface area contributed by atoms with Gasteiger partial charge in [0.2, 0.25) is 5.91 Å². The lowest BCUT2D eigenvalue weighted by Gasteiger charge is -2.32. The maximum absolute atomic E-state index is 13.2. The molecule has 128 valence electrons. The summed E-state index contributed by atoms with van der Waals surface area (Å²) < 4.78 is 13.2. The molecule has 24 heavy (non-hydrogen) atoms. The standard InChI is InChI=1S/C19H23FN2OS/c20-17-6-1-4-15(10-17)11-19(23)21-12-16-5-2-8-22(13-16)14-18-7-3-9-24-18/h1,3-4,6-7,9-10,16H,2,5,8,11-14H2,(H,21,23)/t16-/m1/s1. The van der Waals surface area contributed by atoms with Crippen LogP contribution < -0.4 is 5.32 Å². The first kappa shape index (κ1) is 17.1. The Morgan fingerprint density at radius 3 is 3.04 bits per heavy atom. The number of amides is 1. The van der Waals surface area contributed by atoms with Gasteiger partial charge in [0.05, 0.1) is 6.42 Å². The number of nitrogens with zero attached hydrogens (tertiary/aromatic N) is 1. The van der Waals surface area contributed by atoms with Crippen molar-refractivity contribution in [1.82, 2.24) is 10.2 Å². The number of carbonyl (C=O) groups is 1. The fourth-order valence-electron chi connectivity index (χ4n) is 3.24. The highest BCUT2D eigenvalue weighted by Gasteiger charge is 2.20. The van der Waals surface area contributed by atoms with Crippen LogP contribution in [0.15, 0.2) is 41.8 Å². The monoisotopic (exact) mass is 346 g/mol. The van der Waals surface area contributed by atoms with Crippen LogP contribution in [0.2, 0.25) is 0 Å². The Morgan fingerprint density at radius 1 is 1.33 bits per heavy atom. The van der Waals surface area contributed by atoms with Crippen LogP contribution in [0, 0.1) is 11.7 Å². The molecule has 1 N–H and O–H groups in total. The molecule has 2 aromatic rings. The Labute approximate surface area is 146 Å². The second kappa shape index (κ2) is 8.40. The number of carbonyl (C=O) groups excluding carboxylic acids is 1. The van der Waals surface area contributed by atoms with E-state index >= 15 is 0 Å². The molecule has 1 atom stereocenters. The molecule has 2 heterocycles. The normalized spacial score (nSPS) is 18.5. The maximum Gasteiger partial charge on any atom is 0.224 e. The predicted molar refractivity (Wildman–Crippen MR) is 95.4 cm³/mol. The van der Waals surface area contributed by atoms with Gasteiger partial charge in [-0.25, -0.2) is 4.39 Å². The van der Waals surface area contributed by atoms with Gasteiger partial charge in [0.15, 0.2) is 0 Å². The summed E-state index contributed by atoms with van der Waals surface area (Å²) in [6.45, 7) is 3.87. The van der Waals surface area contributed by atoms with Gasteiger partial charge in [-0.05, 0) is 54.4 Å². The minimum absolute atomic E-state index is 0.0315. The number of benzene rings is 1. The van der Waals surface area contributed by atoms with Gasteiger partial charge in [0.25, 0.3) is 0 Å². The Balaban J connectivity index is 1.43. The summed E-state index contributed by atoms with van der Waals surface area (Å²) in [6, 6.07) is 10.5. The van der Waals surface area contributed by atoms with E-state index in [1.807, 2.05) is 0 Å². The van der Waals surface area contributed by atoms with Gasteiger partial charge in [-0.1, -0.05) is 18.2 Å². The number of halogens is 1. The Hall–Kier alpha value is -1.72. The van der Waals surface area contributed by atoms with Gasteiger partial charge in [-0.15, -0.1) is 11.3 Å². The SMILES string of the molecule is O=C(Cc1cccc(F)c1)NC[C@H]1CCCN(Cc2cccs2)C1. The topological polar surface area (TPSA) is 32.3 Å². The minimum atomic E-state index is -0.295. The third-order valence-corrected chi connectivity index (χ3v) is 5.27. The van der Waals surface area contributed by atoms with E-state index in [0.717, 1.165) is 31.6 Å². The average Bonchev–Trinajstić information content (AvgIpc) is 3.06. The number of piperidine rings is 1. The number of likely N-dealkylation sites (tertiary alicyclic amines) is 1. The molecule has 1 fully saturated rings. The molecule has 1 aromatic carbocycles. The average molecular weight is 346 g/mol. The van der Waals surface area contributed by atoms with Crippen molar-refractivity contribution in [2.45, 2.75) is 25.8 Å². The van der Waals surface area contributed by atoms with E-state index in [4.69, 9.17) is 0 Å². The zero-order valence-electron chi connectivity index (χ0n) is 13.7. The highest BCUT2D eigenvalue weighted by molar-refractivity contribution is 7.09. The van der Waals surface area contributed by atoms with E-state index in [1.165, 1.54) is 23.4 Å². The van der Waals surface area contributed by atoms with E-state index in [9.17, 15) is 9.18 Å². The molecule has 1 amide bonds. The second-order valence-corrected chi connectivity index (χ2v) is 7.47. The zero-order chi connectivity index (χ0) is 16.8. The Kier molecular flexibility index (Phi) is 5.99. The number of hydrogen-bond acceptors (Lipinski definition) is 3. The Bertz CT molecular complexity index is 659. The predicted octanol–water partition coefficient (Wildman–Crippen LogP) is 3.46. The first-order chi connectivity index (χ1) is 11.7. The van der Waals surface area contributed by atoms with E-state index < -0.39 is 0 Å². The van der Waals surface area contributed by atoms with Crippen LogP contribution in [-0.4, -0.2) is 30.4 Å². The molecule has 1 aliphatic heterocycles. The molecule has 0 unspecified atom stereocenters. The van der Waals surface area contributed by atoms with Crippen LogP contribution in [-0.2, 0) is 17.8 Å². The lowest BCUT2D eigenvalue weighted by molar-refractivity contribution is -0.120. The molecule has 0 bridgehead atoms. The molecular formula is C19H23FN2OS. The molecule has 0 saturated carbocycles. The number of nitrogens with one attached hydrogen (secondary N) is 1. The molecule has 1 saturated heterocycles. The molecule has 3 nitrogen and oxygen atoms in total. The van der Waals surface area contributed by atoms with Crippen LogP contribution in [0.1, 0.15) is 23.3 Å². The van der Waals surface area contributed by atoms with Crippen molar-refractivity contribution in [1.29, 1.82) is 0 Å². The quantitative estimate of drug-likeness (QED) is 0.869. The summed E-state index contributed by atoms with van der Waals surface area (Å²) in [5, 5.41) is 5.13. The molecule has 0 aliphatic carbocycles. The van der Waals surface area contributed by atoms with E-state index in [-0.39, 0.29) is 18.1 Å². The summed E-state index contributed by atoms with van der Waals surface area (Å²) >= 11 is 1.80. The molecule has 5 heteroatoms. The van der Waals surface area contributed by atoms with Crippen molar-refractivity contribution in [3.8, 4) is 0 Å². The van der Waals surface area contributed by atoms with Crippen LogP contribution in [0.3, 0.4) is 0 Å². The van der Waals surface area contributed by atoms with E-state index in [1.54, 1.807) is 23.5 Å². The zero-order valence-corrected chi connectivity index (χ0v) is 14.5. The van der Waals surface area contributed by atoms with Crippen molar-refractivity contribution in [2.75, 3.05) is 19.6 Å². The van der Waals surface area contributed by atoms with E-state index in [2.05, 4.69) is 27.7 Å². The number of hydrogen-bond donors (Lipinski definition) is 1. The van der Waals surface area contributed by atoms with Gasteiger partial charge in [0, 0.05) is 24.5 Å². The third kappa shape index (κ3) is 5.14. The van der Waals surface area contributed by atoms with Crippen molar-refractivity contribution in [2.24, 2.45) is 5.92 Å². The van der Waals surface area contributed by atoms with Crippen LogP contribution in [0.4, 0.5) is 4.39 Å². The van der Waals surface area contributed by atoms with Gasteiger partial charge in [-0.3, -0.25) is 9.69 Å². The van der Waals surface area contributed by atoms with Gasteiger partial charge >= 0.3 is 0 Å². The third-order valence-electron chi connectivity index (χ3n) is 4.40. The summed E-state index contributed by atoms with van der Waals surface area (Å²) in [5.41, 5.74) is 0.718. The lowest BCUT2D eigenvalue weighted by Crippen LogP contribution is -2.40. The number of rotatable bonds is 6. The van der Waals surface area contributed by atoms with Crippen molar-refractivity contribution in [3.63, 3.8) is 0 Å². The highest BCUT2D eigenvalue weighted by Crippen LogP contribution is 2.20.